The molecule has 110 valence electrons. The number of ether oxygens (including phenoxy) is 1. The highest BCUT2D eigenvalue weighted by Crippen LogP contribution is 2.28. The summed E-state index contributed by atoms with van der Waals surface area (Å²) in [5.41, 5.74) is 7.79. The van der Waals surface area contributed by atoms with Gasteiger partial charge in [-0.15, -0.1) is 0 Å². The van der Waals surface area contributed by atoms with Gasteiger partial charge in [-0.25, -0.2) is 4.98 Å². The summed E-state index contributed by atoms with van der Waals surface area (Å²) >= 11 is 0. The minimum absolute atomic E-state index is 0.0923. The Balaban J connectivity index is 2.05. The van der Waals surface area contributed by atoms with Crippen molar-refractivity contribution in [2.24, 2.45) is 0 Å². The minimum Gasteiger partial charge on any atom is -0.489 e. The quantitative estimate of drug-likeness (QED) is 0.798. The molecule has 0 spiro atoms. The topological polar surface area (TPSA) is 66.2 Å². The summed E-state index contributed by atoms with van der Waals surface area (Å²) in [6.45, 7) is 6.46. The molecule has 0 saturated heterocycles. The fourth-order valence-corrected chi connectivity index (χ4v) is 2.38. The Kier molecular flexibility index (Phi) is 3.33. The van der Waals surface area contributed by atoms with Gasteiger partial charge in [0.15, 0.2) is 0 Å². The number of imidazole rings is 1. The number of anilines is 1. The van der Waals surface area contributed by atoms with Gasteiger partial charge >= 0.3 is 0 Å². The monoisotopic (exact) mass is 285 g/mol. The van der Waals surface area contributed by atoms with Gasteiger partial charge in [0.05, 0.1) is 18.2 Å². The van der Waals surface area contributed by atoms with Crippen molar-refractivity contribution in [3.05, 3.63) is 41.9 Å². The Morgan fingerprint density at radius 1 is 1.29 bits per heavy atom. The maximum absolute atomic E-state index is 6.06. The molecule has 5 nitrogen and oxygen atoms in total. The lowest BCUT2D eigenvalue weighted by atomic mass is 10.3. The van der Waals surface area contributed by atoms with Gasteiger partial charge in [0.2, 0.25) is 5.95 Å². The summed E-state index contributed by atoms with van der Waals surface area (Å²) in [6, 6.07) is 9.75. The van der Waals surface area contributed by atoms with E-state index in [2.05, 4.69) is 4.98 Å². The number of nitrogen functional groups attached to an aromatic ring is 1. The molecule has 0 fully saturated rings. The Labute approximate surface area is 123 Å². The molecule has 5 heteroatoms. The summed E-state index contributed by atoms with van der Waals surface area (Å²) in [6.07, 6.45) is 0.0923. The van der Waals surface area contributed by atoms with Gasteiger partial charge in [0, 0.05) is 0 Å². The summed E-state index contributed by atoms with van der Waals surface area (Å²) in [5.74, 6) is 2.95. The lowest BCUT2D eigenvalue weighted by Crippen LogP contribution is -2.06. The Hall–Kier alpha value is -2.43. The third-order valence-corrected chi connectivity index (χ3v) is 3.24. The summed E-state index contributed by atoms with van der Waals surface area (Å²) in [4.78, 5) is 4.44. The van der Waals surface area contributed by atoms with Crippen molar-refractivity contribution in [2.45, 2.75) is 33.4 Å². The van der Waals surface area contributed by atoms with E-state index in [1.54, 1.807) is 0 Å². The van der Waals surface area contributed by atoms with Crippen LogP contribution < -0.4 is 10.5 Å². The maximum Gasteiger partial charge on any atom is 0.201 e. The number of fused-ring (bicyclic) bond motifs is 1. The molecule has 2 aromatic heterocycles. The summed E-state index contributed by atoms with van der Waals surface area (Å²) in [5, 5.41) is 0. The molecule has 3 rings (SSSR count). The van der Waals surface area contributed by atoms with E-state index in [1.165, 1.54) is 0 Å². The second kappa shape index (κ2) is 5.16. The van der Waals surface area contributed by atoms with E-state index >= 15 is 0 Å². The Bertz CT molecular complexity index is 771. The standard InChI is InChI=1S/C16H19N3O2/c1-10(2)20-14-6-4-5-13-15(14)18-16(17)19(13)9-12-8-7-11(3)21-12/h4-8,10H,9H2,1-3H3,(H2,17,18). The van der Waals surface area contributed by atoms with Crippen LogP contribution in [0.5, 0.6) is 5.75 Å². The van der Waals surface area contributed by atoms with Crippen LogP contribution in [0.3, 0.4) is 0 Å². The van der Waals surface area contributed by atoms with Crippen molar-refractivity contribution in [2.75, 3.05) is 5.73 Å². The minimum atomic E-state index is 0.0923. The maximum atomic E-state index is 6.06. The highest BCUT2D eigenvalue weighted by atomic mass is 16.5. The zero-order chi connectivity index (χ0) is 15.0. The number of rotatable bonds is 4. The first-order valence-corrected chi connectivity index (χ1v) is 7.01. The van der Waals surface area contributed by atoms with Crippen LogP contribution in [0.15, 0.2) is 34.7 Å². The second-order valence-corrected chi connectivity index (χ2v) is 5.36. The van der Waals surface area contributed by atoms with E-state index < -0.39 is 0 Å². The third-order valence-electron chi connectivity index (χ3n) is 3.24. The van der Waals surface area contributed by atoms with Gasteiger partial charge in [-0.3, -0.25) is 0 Å². The number of benzene rings is 1. The lowest BCUT2D eigenvalue weighted by molar-refractivity contribution is 0.245. The second-order valence-electron chi connectivity index (χ2n) is 5.36. The molecule has 0 bridgehead atoms. The normalized spacial score (nSPS) is 11.4. The van der Waals surface area contributed by atoms with Gasteiger partial charge < -0.3 is 19.5 Å². The van der Waals surface area contributed by atoms with Crippen LogP contribution in [0.4, 0.5) is 5.95 Å². The fraction of sp³-hybridized carbons (Fsp3) is 0.312. The largest absolute Gasteiger partial charge is 0.489 e. The first-order valence-electron chi connectivity index (χ1n) is 7.01. The number of aryl methyl sites for hydroxylation is 1. The summed E-state index contributed by atoms with van der Waals surface area (Å²) in [7, 11) is 0. The van der Waals surface area contributed by atoms with Gasteiger partial charge in [0.1, 0.15) is 22.8 Å². The lowest BCUT2D eigenvalue weighted by Gasteiger charge is -2.10. The number of aromatic nitrogens is 2. The summed E-state index contributed by atoms with van der Waals surface area (Å²) < 4.78 is 13.3. The SMILES string of the molecule is Cc1ccc(Cn2c(N)nc3c(OC(C)C)cccc32)o1. The molecule has 0 radical (unpaired) electrons. The van der Waals surface area contributed by atoms with Crippen LogP contribution >= 0.6 is 0 Å². The molecule has 0 amide bonds. The molecule has 2 heterocycles. The number of nitrogens with zero attached hydrogens (tertiary/aromatic N) is 2. The molecule has 2 N–H and O–H groups in total. The first kappa shape index (κ1) is 13.5. The average Bonchev–Trinajstić information content (AvgIpc) is 2.96. The number of hydrogen-bond acceptors (Lipinski definition) is 4. The molecule has 0 saturated carbocycles. The molecule has 3 aromatic rings. The Morgan fingerprint density at radius 3 is 2.76 bits per heavy atom. The predicted molar refractivity (Wildman–Crippen MR) is 82.5 cm³/mol. The van der Waals surface area contributed by atoms with E-state index in [0.29, 0.717) is 12.5 Å². The molecule has 0 unspecified atom stereocenters. The predicted octanol–water partition coefficient (Wildman–Crippen LogP) is 3.36. The number of para-hydroxylation sites is 1. The molecule has 0 aliphatic heterocycles. The molecule has 1 aromatic carbocycles. The van der Waals surface area contributed by atoms with Gasteiger partial charge in [-0.2, -0.15) is 0 Å². The van der Waals surface area contributed by atoms with Crippen LogP contribution in [0, 0.1) is 6.92 Å². The van der Waals surface area contributed by atoms with Crippen LogP contribution in [0.1, 0.15) is 25.4 Å². The number of hydrogen-bond donors (Lipinski definition) is 1. The molecule has 0 aliphatic rings. The van der Waals surface area contributed by atoms with Crippen molar-refractivity contribution in [1.29, 1.82) is 0 Å². The van der Waals surface area contributed by atoms with Crippen LogP contribution in [-0.2, 0) is 6.54 Å². The molecule has 21 heavy (non-hydrogen) atoms. The van der Waals surface area contributed by atoms with E-state index in [4.69, 9.17) is 14.9 Å². The van der Waals surface area contributed by atoms with Crippen LogP contribution in [-0.4, -0.2) is 15.7 Å². The van der Waals surface area contributed by atoms with Crippen LogP contribution in [0.2, 0.25) is 0 Å². The smallest absolute Gasteiger partial charge is 0.201 e. The first-order chi connectivity index (χ1) is 10.0. The van der Waals surface area contributed by atoms with Gasteiger partial charge in [-0.1, -0.05) is 6.07 Å². The van der Waals surface area contributed by atoms with Crippen molar-refractivity contribution >= 4 is 17.0 Å². The van der Waals surface area contributed by atoms with E-state index in [-0.39, 0.29) is 6.10 Å². The Morgan fingerprint density at radius 2 is 2.10 bits per heavy atom. The molecule has 0 aliphatic carbocycles. The van der Waals surface area contributed by atoms with Crippen molar-refractivity contribution in [3.8, 4) is 5.75 Å². The van der Waals surface area contributed by atoms with E-state index in [0.717, 1.165) is 28.3 Å². The fourth-order valence-electron chi connectivity index (χ4n) is 2.38. The van der Waals surface area contributed by atoms with Crippen molar-refractivity contribution in [1.82, 2.24) is 9.55 Å². The molecule has 0 atom stereocenters. The van der Waals surface area contributed by atoms with Gasteiger partial charge in [-0.05, 0) is 45.0 Å². The zero-order valence-electron chi connectivity index (χ0n) is 12.5. The highest BCUT2D eigenvalue weighted by molar-refractivity contribution is 5.84. The van der Waals surface area contributed by atoms with Crippen molar-refractivity contribution < 1.29 is 9.15 Å². The highest BCUT2D eigenvalue weighted by Gasteiger charge is 2.14. The van der Waals surface area contributed by atoms with Crippen molar-refractivity contribution in [3.63, 3.8) is 0 Å². The van der Waals surface area contributed by atoms with Crippen LogP contribution in [0.25, 0.3) is 11.0 Å². The molecular weight excluding hydrogens is 266 g/mol. The van der Waals surface area contributed by atoms with Gasteiger partial charge in [0.25, 0.3) is 0 Å². The van der Waals surface area contributed by atoms with E-state index in [1.807, 2.05) is 55.7 Å². The van der Waals surface area contributed by atoms with E-state index in [9.17, 15) is 0 Å². The molecular formula is C16H19N3O2. The zero-order valence-corrected chi connectivity index (χ0v) is 12.5. The number of furan rings is 1. The number of nitrogens with two attached hydrogens (primary N) is 1. The third kappa shape index (κ3) is 2.59. The average molecular weight is 285 g/mol.